The fourth-order valence-corrected chi connectivity index (χ4v) is 5.45. The highest BCUT2D eigenvalue weighted by Crippen LogP contribution is 2.45. The lowest BCUT2D eigenvalue weighted by Gasteiger charge is -2.31. The van der Waals surface area contributed by atoms with Gasteiger partial charge in [-0.2, -0.15) is 0 Å². The molecular formula is C29H34BrNO5S. The Labute approximate surface area is 228 Å². The van der Waals surface area contributed by atoms with Gasteiger partial charge in [-0.05, 0) is 85.3 Å². The number of carbonyl (C=O) groups excluding carboxylic acids is 1. The molecule has 0 unspecified atom stereocenters. The number of sulfonamides is 1. The molecule has 37 heavy (non-hydrogen) atoms. The van der Waals surface area contributed by atoms with Gasteiger partial charge in [0, 0.05) is 10.0 Å². The summed E-state index contributed by atoms with van der Waals surface area (Å²) in [7, 11) is -3.60. The molecule has 198 valence electrons. The molecule has 3 aromatic rings. The summed E-state index contributed by atoms with van der Waals surface area (Å²) in [4.78, 5) is 13.7. The predicted molar refractivity (Wildman–Crippen MR) is 152 cm³/mol. The van der Waals surface area contributed by atoms with Crippen LogP contribution in [-0.2, 0) is 30.9 Å². The van der Waals surface area contributed by atoms with Crippen LogP contribution in [-0.4, -0.2) is 26.2 Å². The van der Waals surface area contributed by atoms with E-state index in [0.717, 1.165) is 34.1 Å². The van der Waals surface area contributed by atoms with Gasteiger partial charge in [-0.15, -0.1) is 0 Å². The van der Waals surface area contributed by atoms with Gasteiger partial charge in [0.25, 0.3) is 0 Å². The van der Waals surface area contributed by atoms with Crippen LogP contribution in [0.5, 0.6) is 0 Å². The molecule has 0 heterocycles. The number of hydrogen-bond donors (Lipinski definition) is 1. The van der Waals surface area contributed by atoms with Crippen LogP contribution in [0.2, 0.25) is 0 Å². The largest absolute Gasteiger partial charge is 0.459 e. The number of benzene rings is 3. The smallest absolute Gasteiger partial charge is 0.340 e. The summed E-state index contributed by atoms with van der Waals surface area (Å²) in [5.41, 5.74) is 5.19. The third-order valence-electron chi connectivity index (χ3n) is 5.77. The summed E-state index contributed by atoms with van der Waals surface area (Å²) in [6.07, 6.45) is -0.00844. The van der Waals surface area contributed by atoms with Crippen molar-refractivity contribution in [3.8, 4) is 11.1 Å². The highest BCUT2D eigenvalue weighted by atomic mass is 79.9. The number of esters is 1. The van der Waals surface area contributed by atoms with Crippen molar-refractivity contribution in [2.24, 2.45) is 0 Å². The zero-order valence-corrected chi connectivity index (χ0v) is 24.7. The number of nitrogens with one attached hydrogen (secondary N) is 1. The second kappa shape index (κ2) is 11.4. The van der Waals surface area contributed by atoms with Crippen LogP contribution in [0.15, 0.2) is 59.1 Å². The summed E-state index contributed by atoms with van der Waals surface area (Å²) in [5, 5.41) is 0. The molecule has 0 saturated heterocycles. The summed E-state index contributed by atoms with van der Waals surface area (Å²) < 4.78 is 39.8. The Bertz CT molecular complexity index is 1380. The van der Waals surface area contributed by atoms with Crippen LogP contribution in [0.3, 0.4) is 0 Å². The van der Waals surface area contributed by atoms with Crippen molar-refractivity contribution in [1.82, 2.24) is 0 Å². The van der Waals surface area contributed by atoms with Crippen LogP contribution in [0.4, 0.5) is 5.69 Å². The van der Waals surface area contributed by atoms with Gasteiger partial charge in [0.05, 0.1) is 17.5 Å². The Morgan fingerprint density at radius 3 is 2.11 bits per heavy atom. The van der Waals surface area contributed by atoms with Gasteiger partial charge < -0.3 is 9.47 Å². The zero-order chi connectivity index (χ0) is 27.5. The van der Waals surface area contributed by atoms with Gasteiger partial charge in [-0.1, -0.05) is 60.2 Å². The van der Waals surface area contributed by atoms with E-state index in [1.54, 1.807) is 6.92 Å². The summed E-state index contributed by atoms with van der Waals surface area (Å²) in [6, 6.07) is 17.4. The van der Waals surface area contributed by atoms with E-state index < -0.39 is 27.7 Å². The minimum Gasteiger partial charge on any atom is -0.459 e. The van der Waals surface area contributed by atoms with Crippen molar-refractivity contribution in [3.63, 3.8) is 0 Å². The van der Waals surface area contributed by atoms with E-state index >= 15 is 0 Å². The lowest BCUT2D eigenvalue weighted by molar-refractivity contribution is -0.168. The molecule has 0 aliphatic heterocycles. The van der Waals surface area contributed by atoms with E-state index in [2.05, 4.69) is 20.7 Å². The third-order valence-corrected chi connectivity index (χ3v) is 7.34. The maximum absolute atomic E-state index is 13.7. The molecule has 0 spiro atoms. The summed E-state index contributed by atoms with van der Waals surface area (Å²) in [5.74, 6) is -0.553. The maximum Gasteiger partial charge on any atom is 0.340 e. The van der Waals surface area contributed by atoms with Crippen molar-refractivity contribution in [2.75, 3.05) is 11.0 Å². The monoisotopic (exact) mass is 587 g/mol. The Kier molecular flexibility index (Phi) is 8.88. The normalized spacial score (nSPS) is 12.8. The number of carbonyl (C=O) groups is 1. The SMILES string of the molecule is Cc1ccc(-c2c(C)c(Br)c(NS(C)(=O)=O)c(C)c2[C@H](OC(C)(C)C)C(=O)OCc2ccccc2)cc1. The van der Waals surface area contributed by atoms with E-state index in [4.69, 9.17) is 9.47 Å². The molecule has 1 N–H and O–H groups in total. The maximum atomic E-state index is 13.7. The van der Waals surface area contributed by atoms with Crippen LogP contribution in [0.25, 0.3) is 11.1 Å². The molecule has 0 fully saturated rings. The number of hydrogen-bond acceptors (Lipinski definition) is 5. The van der Waals surface area contributed by atoms with E-state index in [-0.39, 0.29) is 6.61 Å². The fraction of sp³-hybridized carbons (Fsp3) is 0.345. The Balaban J connectivity index is 2.27. The summed E-state index contributed by atoms with van der Waals surface area (Å²) >= 11 is 3.61. The average Bonchev–Trinajstić information content (AvgIpc) is 2.81. The average molecular weight is 589 g/mol. The van der Waals surface area contributed by atoms with E-state index in [1.165, 1.54) is 0 Å². The van der Waals surface area contributed by atoms with E-state index in [9.17, 15) is 13.2 Å². The van der Waals surface area contributed by atoms with Gasteiger partial charge in [0.15, 0.2) is 6.10 Å². The molecular weight excluding hydrogens is 554 g/mol. The molecule has 0 radical (unpaired) electrons. The number of ether oxygens (including phenoxy) is 2. The van der Waals surface area contributed by atoms with Gasteiger partial charge in [0.2, 0.25) is 10.0 Å². The molecule has 0 amide bonds. The second-order valence-electron chi connectivity index (χ2n) is 10.2. The third kappa shape index (κ3) is 7.43. The predicted octanol–water partition coefficient (Wildman–Crippen LogP) is 7.01. The molecule has 0 aromatic heterocycles. The lowest BCUT2D eigenvalue weighted by atomic mass is 9.87. The first kappa shape index (κ1) is 28.9. The van der Waals surface area contributed by atoms with E-state index in [1.807, 2.05) is 89.2 Å². The molecule has 3 aromatic carbocycles. The molecule has 0 bridgehead atoms. The first-order valence-electron chi connectivity index (χ1n) is 11.9. The Morgan fingerprint density at radius 1 is 0.973 bits per heavy atom. The standard InChI is InChI=1S/C29H34BrNO5S/c1-18-13-15-22(16-14-18)23-19(2)25(30)26(31-37(7,33)34)20(3)24(23)27(36-29(4,5)6)28(32)35-17-21-11-9-8-10-12-21/h8-16,27,31H,17H2,1-7H3/t27-/m0/s1. The van der Waals surface area contributed by atoms with Gasteiger partial charge in [-0.3, -0.25) is 4.72 Å². The van der Waals surface area contributed by atoms with Gasteiger partial charge in [0.1, 0.15) is 6.61 Å². The number of anilines is 1. The quantitative estimate of drug-likeness (QED) is 0.286. The highest BCUT2D eigenvalue weighted by Gasteiger charge is 2.35. The van der Waals surface area contributed by atoms with Crippen molar-refractivity contribution in [3.05, 3.63) is 86.9 Å². The van der Waals surface area contributed by atoms with Crippen molar-refractivity contribution >= 4 is 37.6 Å². The second-order valence-corrected chi connectivity index (χ2v) is 12.7. The molecule has 8 heteroatoms. The molecule has 0 aliphatic rings. The number of halogens is 1. The Hall–Kier alpha value is -2.68. The Morgan fingerprint density at radius 2 is 1.57 bits per heavy atom. The van der Waals surface area contributed by atoms with Crippen molar-refractivity contribution in [2.45, 2.75) is 59.9 Å². The highest BCUT2D eigenvalue weighted by molar-refractivity contribution is 9.10. The lowest BCUT2D eigenvalue weighted by Crippen LogP contribution is -2.30. The van der Waals surface area contributed by atoms with Gasteiger partial charge in [-0.25, -0.2) is 13.2 Å². The first-order valence-corrected chi connectivity index (χ1v) is 14.6. The topological polar surface area (TPSA) is 81.7 Å². The van der Waals surface area contributed by atoms with Crippen molar-refractivity contribution < 1.29 is 22.7 Å². The molecule has 1 atom stereocenters. The minimum absolute atomic E-state index is 0.0898. The zero-order valence-electron chi connectivity index (χ0n) is 22.3. The van der Waals surface area contributed by atoms with Crippen LogP contribution in [0.1, 0.15) is 54.7 Å². The van der Waals surface area contributed by atoms with Gasteiger partial charge >= 0.3 is 5.97 Å². The molecule has 3 rings (SSSR count). The molecule has 0 saturated carbocycles. The summed E-state index contributed by atoms with van der Waals surface area (Å²) in [6.45, 7) is 11.4. The van der Waals surface area contributed by atoms with Crippen LogP contribution in [0, 0.1) is 20.8 Å². The fourth-order valence-electron chi connectivity index (χ4n) is 4.10. The molecule has 6 nitrogen and oxygen atoms in total. The van der Waals surface area contributed by atoms with Crippen LogP contribution < -0.4 is 4.72 Å². The van der Waals surface area contributed by atoms with Crippen LogP contribution >= 0.6 is 15.9 Å². The first-order chi connectivity index (χ1) is 17.2. The van der Waals surface area contributed by atoms with Crippen molar-refractivity contribution in [1.29, 1.82) is 0 Å². The minimum atomic E-state index is -3.60. The number of rotatable bonds is 8. The number of aryl methyl sites for hydroxylation is 1. The van der Waals surface area contributed by atoms with E-state index in [0.29, 0.717) is 21.3 Å². The molecule has 0 aliphatic carbocycles.